The van der Waals surface area contributed by atoms with Crippen molar-refractivity contribution >= 4 is 11.9 Å². The second-order valence-electron chi connectivity index (χ2n) is 4.52. The first-order valence-electron chi connectivity index (χ1n) is 6.23. The third-order valence-electron chi connectivity index (χ3n) is 2.95. The number of carboxylic acid groups (broad SMARTS) is 1. The van der Waals surface area contributed by atoms with Crippen molar-refractivity contribution in [3.8, 4) is 5.75 Å². The van der Waals surface area contributed by atoms with E-state index in [9.17, 15) is 14.7 Å². The Morgan fingerprint density at radius 2 is 2.00 bits per heavy atom. The minimum atomic E-state index is -1.04. The van der Waals surface area contributed by atoms with Crippen molar-refractivity contribution in [1.82, 2.24) is 10.3 Å². The van der Waals surface area contributed by atoms with E-state index in [0.717, 1.165) is 0 Å². The molecule has 6 nitrogen and oxygen atoms in total. The average Bonchev–Trinajstić information content (AvgIpc) is 2.45. The number of nitrogens with one attached hydrogen (secondary N) is 1. The maximum atomic E-state index is 12.0. The molecule has 0 radical (unpaired) electrons. The fraction of sp³-hybridized carbons (Fsp3) is 0.133. The van der Waals surface area contributed by atoms with Crippen LogP contribution in [0.4, 0.5) is 0 Å². The Morgan fingerprint density at radius 3 is 2.67 bits per heavy atom. The number of amides is 1. The Kier molecular flexibility index (Phi) is 4.18. The van der Waals surface area contributed by atoms with E-state index in [-0.39, 0.29) is 23.8 Å². The van der Waals surface area contributed by atoms with Crippen molar-refractivity contribution in [1.29, 1.82) is 0 Å². The van der Waals surface area contributed by atoms with E-state index in [1.54, 1.807) is 6.92 Å². The Hall–Kier alpha value is -2.89. The lowest BCUT2D eigenvalue weighted by atomic mass is 10.1. The van der Waals surface area contributed by atoms with Gasteiger partial charge in [0.15, 0.2) is 0 Å². The van der Waals surface area contributed by atoms with Crippen molar-refractivity contribution in [3.05, 3.63) is 58.9 Å². The number of phenolic OH excluding ortho intramolecular Hbond substituents is 1. The number of aromatic carboxylic acids is 1. The van der Waals surface area contributed by atoms with Gasteiger partial charge in [-0.25, -0.2) is 4.79 Å². The van der Waals surface area contributed by atoms with Crippen LogP contribution in [-0.4, -0.2) is 27.1 Å². The number of benzene rings is 1. The zero-order valence-electron chi connectivity index (χ0n) is 11.3. The smallest absolute Gasteiger partial charge is 0.335 e. The van der Waals surface area contributed by atoms with Crippen LogP contribution in [0.5, 0.6) is 5.75 Å². The number of hydrogen-bond donors (Lipinski definition) is 3. The summed E-state index contributed by atoms with van der Waals surface area (Å²) in [6.07, 6.45) is 1.39. The van der Waals surface area contributed by atoms with Gasteiger partial charge in [-0.1, -0.05) is 0 Å². The Morgan fingerprint density at radius 1 is 1.24 bits per heavy atom. The number of pyridine rings is 1. The third kappa shape index (κ3) is 3.56. The summed E-state index contributed by atoms with van der Waals surface area (Å²) in [5, 5.41) is 20.9. The molecule has 1 aromatic carbocycles. The Balaban J connectivity index is 2.07. The summed E-state index contributed by atoms with van der Waals surface area (Å²) in [6, 6.07) is 7.26. The highest BCUT2D eigenvalue weighted by Crippen LogP contribution is 2.15. The predicted molar refractivity (Wildman–Crippen MR) is 75.2 cm³/mol. The van der Waals surface area contributed by atoms with E-state index in [1.165, 1.54) is 36.5 Å². The number of aromatic hydroxyl groups is 1. The SMILES string of the molecule is Cc1cc(O)ccc1C(=O)NCc1cc(C(=O)O)ccn1. The fourth-order valence-electron chi connectivity index (χ4n) is 1.88. The molecule has 1 amide bonds. The van der Waals surface area contributed by atoms with Gasteiger partial charge in [-0.2, -0.15) is 0 Å². The minimum absolute atomic E-state index is 0.0971. The lowest BCUT2D eigenvalue weighted by Crippen LogP contribution is -2.24. The number of carboxylic acids is 1. The zero-order chi connectivity index (χ0) is 15.4. The number of carbonyl (C=O) groups excluding carboxylic acids is 1. The van der Waals surface area contributed by atoms with Crippen LogP contribution in [-0.2, 0) is 6.54 Å². The van der Waals surface area contributed by atoms with Crippen LogP contribution >= 0.6 is 0 Å². The maximum Gasteiger partial charge on any atom is 0.335 e. The van der Waals surface area contributed by atoms with Gasteiger partial charge in [0.25, 0.3) is 5.91 Å². The molecule has 0 atom stereocenters. The van der Waals surface area contributed by atoms with E-state index in [1.807, 2.05) is 0 Å². The molecule has 2 rings (SSSR count). The highest BCUT2D eigenvalue weighted by Gasteiger charge is 2.10. The van der Waals surface area contributed by atoms with Crippen LogP contribution in [0.3, 0.4) is 0 Å². The molecule has 0 unspecified atom stereocenters. The summed E-state index contributed by atoms with van der Waals surface area (Å²) < 4.78 is 0. The van der Waals surface area contributed by atoms with Crippen LogP contribution in [0.1, 0.15) is 32.0 Å². The Bertz CT molecular complexity index is 698. The van der Waals surface area contributed by atoms with Crippen LogP contribution in [0, 0.1) is 6.92 Å². The fourth-order valence-corrected chi connectivity index (χ4v) is 1.88. The average molecular weight is 286 g/mol. The second-order valence-corrected chi connectivity index (χ2v) is 4.52. The summed E-state index contributed by atoms with van der Waals surface area (Å²) in [5.41, 5.74) is 1.68. The molecule has 1 heterocycles. The minimum Gasteiger partial charge on any atom is -0.508 e. The molecule has 2 aromatic rings. The first-order chi connectivity index (χ1) is 9.97. The van der Waals surface area contributed by atoms with Gasteiger partial charge in [-0.15, -0.1) is 0 Å². The van der Waals surface area contributed by atoms with Gasteiger partial charge in [0.05, 0.1) is 17.8 Å². The van der Waals surface area contributed by atoms with Crippen LogP contribution in [0.25, 0.3) is 0 Å². The summed E-state index contributed by atoms with van der Waals surface area (Å²) >= 11 is 0. The van der Waals surface area contributed by atoms with Gasteiger partial charge in [0, 0.05) is 11.8 Å². The second kappa shape index (κ2) is 6.04. The van der Waals surface area contributed by atoms with Gasteiger partial charge < -0.3 is 15.5 Å². The maximum absolute atomic E-state index is 12.0. The number of nitrogens with zero attached hydrogens (tertiary/aromatic N) is 1. The molecule has 0 spiro atoms. The largest absolute Gasteiger partial charge is 0.508 e. The molecule has 108 valence electrons. The molecule has 0 aliphatic carbocycles. The van der Waals surface area contributed by atoms with Crippen LogP contribution in [0.2, 0.25) is 0 Å². The number of phenols is 1. The number of rotatable bonds is 4. The molecular weight excluding hydrogens is 272 g/mol. The molecule has 0 bridgehead atoms. The van der Waals surface area contributed by atoms with Crippen molar-refractivity contribution < 1.29 is 19.8 Å². The molecule has 0 aliphatic heterocycles. The lowest BCUT2D eigenvalue weighted by Gasteiger charge is -2.08. The Labute approximate surface area is 121 Å². The van der Waals surface area contributed by atoms with Crippen molar-refractivity contribution in [2.45, 2.75) is 13.5 Å². The van der Waals surface area contributed by atoms with E-state index in [2.05, 4.69) is 10.3 Å². The molecule has 0 aliphatic rings. The molecule has 0 fully saturated rings. The van der Waals surface area contributed by atoms with Crippen molar-refractivity contribution in [2.75, 3.05) is 0 Å². The predicted octanol–water partition coefficient (Wildman–Crippen LogP) is 1.72. The van der Waals surface area contributed by atoms with Gasteiger partial charge in [0.2, 0.25) is 0 Å². The molecule has 0 saturated carbocycles. The molecule has 21 heavy (non-hydrogen) atoms. The van der Waals surface area contributed by atoms with E-state index >= 15 is 0 Å². The standard InChI is InChI=1S/C15H14N2O4/c1-9-6-12(18)2-3-13(9)14(19)17-8-11-7-10(15(20)21)4-5-16-11/h2-7,18H,8H2,1H3,(H,17,19)(H,20,21). The van der Waals surface area contributed by atoms with Crippen molar-refractivity contribution in [2.24, 2.45) is 0 Å². The molecule has 1 aromatic heterocycles. The van der Waals surface area contributed by atoms with E-state index < -0.39 is 5.97 Å². The summed E-state index contributed by atoms with van der Waals surface area (Å²) in [6.45, 7) is 1.85. The molecule has 3 N–H and O–H groups in total. The highest BCUT2D eigenvalue weighted by atomic mass is 16.4. The van der Waals surface area contributed by atoms with Gasteiger partial charge in [0.1, 0.15) is 5.75 Å². The molecule has 0 saturated heterocycles. The molecule has 6 heteroatoms. The molecular formula is C15H14N2O4. The zero-order valence-corrected chi connectivity index (χ0v) is 11.3. The topological polar surface area (TPSA) is 99.5 Å². The van der Waals surface area contributed by atoms with E-state index in [0.29, 0.717) is 16.8 Å². The third-order valence-corrected chi connectivity index (χ3v) is 2.95. The number of hydrogen-bond acceptors (Lipinski definition) is 4. The van der Waals surface area contributed by atoms with Crippen LogP contribution in [0.15, 0.2) is 36.5 Å². The van der Waals surface area contributed by atoms with Gasteiger partial charge in [-0.05, 0) is 42.8 Å². The summed E-state index contributed by atoms with van der Waals surface area (Å²) in [7, 11) is 0. The first-order valence-corrected chi connectivity index (χ1v) is 6.23. The monoisotopic (exact) mass is 286 g/mol. The van der Waals surface area contributed by atoms with Crippen LogP contribution < -0.4 is 5.32 Å². The summed E-state index contributed by atoms with van der Waals surface area (Å²) in [4.78, 5) is 26.9. The first kappa shape index (κ1) is 14.5. The number of aromatic nitrogens is 1. The lowest BCUT2D eigenvalue weighted by molar-refractivity contribution is 0.0696. The van der Waals surface area contributed by atoms with E-state index in [4.69, 9.17) is 5.11 Å². The summed E-state index contributed by atoms with van der Waals surface area (Å²) in [5.74, 6) is -1.26. The van der Waals surface area contributed by atoms with Gasteiger partial charge >= 0.3 is 5.97 Å². The number of aryl methyl sites for hydroxylation is 1. The quantitative estimate of drug-likeness (QED) is 0.794. The highest BCUT2D eigenvalue weighted by molar-refractivity contribution is 5.95. The normalized spacial score (nSPS) is 10.1. The van der Waals surface area contributed by atoms with Crippen molar-refractivity contribution in [3.63, 3.8) is 0 Å². The van der Waals surface area contributed by atoms with Gasteiger partial charge in [-0.3, -0.25) is 9.78 Å². The number of carbonyl (C=O) groups is 2.